The van der Waals surface area contributed by atoms with Crippen molar-refractivity contribution in [1.82, 2.24) is 0 Å². The Labute approximate surface area is 136 Å². The van der Waals surface area contributed by atoms with Gasteiger partial charge in [-0.3, -0.25) is 10.1 Å². The molecule has 0 fully saturated rings. The number of methoxy groups -OCH3 is 1. The molecule has 1 aromatic rings. The number of aliphatic carboxylic acids is 1. The predicted molar refractivity (Wildman–Crippen MR) is 80.6 cm³/mol. The van der Waals surface area contributed by atoms with Gasteiger partial charge in [-0.05, 0) is 6.92 Å². The number of carboxylic acid groups (broad SMARTS) is 1. The molecule has 0 bridgehead atoms. The third-order valence-corrected chi connectivity index (χ3v) is 2.72. The van der Waals surface area contributed by atoms with Gasteiger partial charge in [0.25, 0.3) is 0 Å². The monoisotopic (exact) mass is 335 g/mol. The fourth-order valence-corrected chi connectivity index (χ4v) is 1.67. The zero-order chi connectivity index (χ0) is 18.3. The minimum atomic E-state index is -1.48. The molecule has 10 heteroatoms. The first-order valence-corrected chi connectivity index (χ1v) is 6.49. The van der Waals surface area contributed by atoms with E-state index >= 15 is 0 Å². The van der Waals surface area contributed by atoms with E-state index in [9.17, 15) is 19.7 Å². The van der Waals surface area contributed by atoms with Gasteiger partial charge in [0.05, 0.1) is 29.9 Å². The Bertz CT molecular complexity index is 749. The number of esters is 1. The van der Waals surface area contributed by atoms with Crippen LogP contribution in [-0.4, -0.2) is 35.7 Å². The van der Waals surface area contributed by atoms with Crippen LogP contribution in [0.25, 0.3) is 0 Å². The summed E-state index contributed by atoms with van der Waals surface area (Å²) in [4.78, 5) is 33.0. The maximum atomic E-state index is 11.8. The van der Waals surface area contributed by atoms with E-state index in [-0.39, 0.29) is 23.6 Å². The van der Waals surface area contributed by atoms with Crippen molar-refractivity contribution in [3.63, 3.8) is 0 Å². The highest BCUT2D eigenvalue weighted by molar-refractivity contribution is 5.98. The van der Waals surface area contributed by atoms with E-state index in [2.05, 4.69) is 10.1 Å². The average Bonchev–Trinajstić information content (AvgIpc) is 2.54. The number of nitro groups is 1. The molecule has 1 aromatic carbocycles. The zero-order valence-corrected chi connectivity index (χ0v) is 12.7. The number of benzene rings is 1. The lowest BCUT2D eigenvalue weighted by molar-refractivity contribution is -0.385. The molecule has 0 aliphatic rings. The van der Waals surface area contributed by atoms with Crippen LogP contribution in [-0.2, 0) is 9.53 Å². The maximum Gasteiger partial charge on any atom is 0.347 e. The van der Waals surface area contributed by atoms with Gasteiger partial charge in [-0.15, -0.1) is 0 Å². The van der Waals surface area contributed by atoms with Crippen molar-refractivity contribution < 1.29 is 29.1 Å². The van der Waals surface area contributed by atoms with Gasteiger partial charge in [0, 0.05) is 18.3 Å². The van der Waals surface area contributed by atoms with E-state index in [4.69, 9.17) is 15.1 Å². The Balaban J connectivity index is 3.47. The molecule has 0 aromatic heterocycles. The third kappa shape index (κ3) is 4.20. The van der Waals surface area contributed by atoms with Crippen molar-refractivity contribution in [2.24, 2.45) is 0 Å². The summed E-state index contributed by atoms with van der Waals surface area (Å²) in [6, 6.07) is 3.55. The van der Waals surface area contributed by atoms with E-state index in [1.54, 1.807) is 6.92 Å². The van der Waals surface area contributed by atoms with Gasteiger partial charge in [0.1, 0.15) is 6.07 Å². The number of carbonyl (C=O) groups excluding carboxylic acids is 1. The van der Waals surface area contributed by atoms with Gasteiger partial charge < -0.3 is 19.9 Å². The van der Waals surface area contributed by atoms with Crippen LogP contribution < -0.4 is 10.1 Å². The predicted octanol–water partition coefficient (Wildman–Crippen LogP) is 1.68. The lowest BCUT2D eigenvalue weighted by Gasteiger charge is -2.11. The number of nitrogens with zero attached hydrogens (tertiary/aromatic N) is 2. The third-order valence-electron chi connectivity index (χ3n) is 2.72. The fourth-order valence-electron chi connectivity index (χ4n) is 1.67. The van der Waals surface area contributed by atoms with Crippen molar-refractivity contribution in [3.8, 4) is 11.8 Å². The van der Waals surface area contributed by atoms with Gasteiger partial charge in [-0.2, -0.15) is 5.26 Å². The van der Waals surface area contributed by atoms with Crippen LogP contribution in [0.3, 0.4) is 0 Å². The Hall–Kier alpha value is -3.61. The summed E-state index contributed by atoms with van der Waals surface area (Å²) in [6.07, 6.45) is 0.853. The van der Waals surface area contributed by atoms with Gasteiger partial charge >= 0.3 is 17.6 Å². The Morgan fingerprint density at radius 2 is 2.17 bits per heavy atom. The molecule has 0 aliphatic carbocycles. The van der Waals surface area contributed by atoms with E-state index in [1.807, 2.05) is 0 Å². The number of nitrogens with one attached hydrogen (secondary N) is 1. The summed E-state index contributed by atoms with van der Waals surface area (Å²) >= 11 is 0. The average molecular weight is 335 g/mol. The van der Waals surface area contributed by atoms with E-state index in [0.717, 1.165) is 25.4 Å². The lowest BCUT2D eigenvalue weighted by Crippen LogP contribution is -2.09. The molecule has 0 saturated heterocycles. The largest absolute Gasteiger partial charge is 0.487 e. The number of anilines is 1. The van der Waals surface area contributed by atoms with E-state index < -0.39 is 28.1 Å². The summed E-state index contributed by atoms with van der Waals surface area (Å²) in [7, 11) is 1.09. The van der Waals surface area contributed by atoms with Crippen molar-refractivity contribution >= 4 is 23.3 Å². The number of nitro benzene ring substituents is 1. The molecule has 24 heavy (non-hydrogen) atoms. The summed E-state index contributed by atoms with van der Waals surface area (Å²) in [6.45, 7) is 1.75. The second-order valence-corrected chi connectivity index (χ2v) is 4.17. The minimum absolute atomic E-state index is 0.00935. The molecule has 0 radical (unpaired) electrons. The fraction of sp³-hybridized carbons (Fsp3) is 0.214. The highest BCUT2D eigenvalue weighted by Crippen LogP contribution is 2.34. The first-order valence-electron chi connectivity index (χ1n) is 6.49. The maximum absolute atomic E-state index is 11.8. The van der Waals surface area contributed by atoms with Crippen LogP contribution in [0.4, 0.5) is 11.4 Å². The number of nitriles is 1. The summed E-state index contributed by atoms with van der Waals surface area (Å²) < 4.78 is 9.70. The minimum Gasteiger partial charge on any atom is -0.487 e. The van der Waals surface area contributed by atoms with Gasteiger partial charge in [-0.1, -0.05) is 0 Å². The van der Waals surface area contributed by atoms with Gasteiger partial charge in [0.2, 0.25) is 0 Å². The summed E-state index contributed by atoms with van der Waals surface area (Å²) in [5, 5.41) is 31.1. The number of carboxylic acids is 1. The van der Waals surface area contributed by atoms with Crippen LogP contribution in [0.5, 0.6) is 5.75 Å². The quantitative estimate of drug-likeness (QED) is 0.249. The molecule has 0 heterocycles. The summed E-state index contributed by atoms with van der Waals surface area (Å²) in [5.41, 5.74) is -1.30. The Morgan fingerprint density at radius 3 is 2.62 bits per heavy atom. The molecule has 0 saturated carbocycles. The standard InChI is InChI=1S/C14H13N3O7/c1-3-24-12-5-10(16-7-8(6-15)13(18)19)9(14(20)23-2)4-11(12)17(21)22/h4-5,7,16H,3H2,1-2H3,(H,18,19)/b8-7-. The molecule has 2 N–H and O–H groups in total. The lowest BCUT2D eigenvalue weighted by atomic mass is 10.1. The molecular formula is C14H13N3O7. The number of rotatable bonds is 7. The smallest absolute Gasteiger partial charge is 0.347 e. The molecule has 1 rings (SSSR count). The van der Waals surface area contributed by atoms with Crippen molar-refractivity contribution in [2.75, 3.05) is 19.0 Å². The second-order valence-electron chi connectivity index (χ2n) is 4.17. The van der Waals surface area contributed by atoms with E-state index in [0.29, 0.717) is 0 Å². The Morgan fingerprint density at radius 1 is 1.50 bits per heavy atom. The molecule has 0 atom stereocenters. The Kier molecular flexibility index (Phi) is 6.25. The summed E-state index contributed by atoms with van der Waals surface area (Å²) in [5.74, 6) is -2.48. The number of hydrogen-bond acceptors (Lipinski definition) is 8. The topological polar surface area (TPSA) is 152 Å². The molecule has 0 aliphatic heterocycles. The van der Waals surface area contributed by atoms with Crippen molar-refractivity contribution in [1.29, 1.82) is 5.26 Å². The van der Waals surface area contributed by atoms with Crippen LogP contribution in [0.1, 0.15) is 17.3 Å². The molecule has 0 amide bonds. The van der Waals surface area contributed by atoms with Crippen LogP contribution in [0.2, 0.25) is 0 Å². The van der Waals surface area contributed by atoms with E-state index in [1.165, 1.54) is 6.07 Å². The first-order chi connectivity index (χ1) is 11.3. The van der Waals surface area contributed by atoms with Crippen LogP contribution in [0, 0.1) is 21.4 Å². The van der Waals surface area contributed by atoms with Crippen LogP contribution in [0.15, 0.2) is 23.9 Å². The van der Waals surface area contributed by atoms with Crippen LogP contribution >= 0.6 is 0 Å². The molecule has 0 unspecified atom stereocenters. The van der Waals surface area contributed by atoms with Crippen molar-refractivity contribution in [2.45, 2.75) is 6.92 Å². The number of carbonyl (C=O) groups is 2. The molecular weight excluding hydrogens is 322 g/mol. The highest BCUT2D eigenvalue weighted by atomic mass is 16.6. The molecule has 0 spiro atoms. The van der Waals surface area contributed by atoms with Gasteiger partial charge in [0.15, 0.2) is 11.3 Å². The van der Waals surface area contributed by atoms with Gasteiger partial charge in [-0.25, -0.2) is 9.59 Å². The first kappa shape index (κ1) is 18.4. The zero-order valence-electron chi connectivity index (χ0n) is 12.7. The number of ether oxygens (including phenoxy) is 2. The SMILES string of the molecule is CCOc1cc(N/C=C(/C#N)C(=O)O)c(C(=O)OC)cc1[N+](=O)[O-]. The molecule has 126 valence electrons. The van der Waals surface area contributed by atoms with Crippen molar-refractivity contribution in [3.05, 3.63) is 39.6 Å². The number of hydrogen-bond donors (Lipinski definition) is 2. The normalized spacial score (nSPS) is 10.5. The highest BCUT2D eigenvalue weighted by Gasteiger charge is 2.23. The second kappa shape index (κ2) is 8.14. The molecule has 10 nitrogen and oxygen atoms in total.